The fraction of sp³-hybridized carbons (Fsp3) is 0.308. The Balaban J connectivity index is 0. The molecular weight excluding hydrogens is 497 g/mol. The molecule has 0 aliphatic rings. The zero-order valence-electron chi connectivity index (χ0n) is 12.5. The number of aliphatic carboxylic acids is 1. The number of urea groups is 1. The van der Waals surface area contributed by atoms with Crippen LogP contribution in [0.1, 0.15) is 24.2 Å². The molecule has 7 nitrogen and oxygen atoms in total. The molecular formula is C13H16N3O4VW-. The molecule has 0 bridgehead atoms. The average molecular weight is 514 g/mol. The summed E-state index contributed by atoms with van der Waals surface area (Å²) in [5.41, 5.74) is 7.85. The van der Waals surface area contributed by atoms with Gasteiger partial charge < -0.3 is 21.5 Å². The molecule has 0 heterocycles. The summed E-state index contributed by atoms with van der Waals surface area (Å²) < 4.78 is 7.10. The number of nitrogens with one attached hydrogen (secondary N) is 3. The SMILES string of the molecule is [2H]CCc1ccc(C(=O)N[C@@H](CNC([NH-])=O)C(=O)O)cc1.[V].[W]. The van der Waals surface area contributed by atoms with E-state index in [1.54, 1.807) is 24.3 Å². The van der Waals surface area contributed by atoms with Crippen LogP contribution in [-0.2, 0) is 50.8 Å². The molecule has 0 saturated heterocycles. The molecule has 119 valence electrons. The number of carbonyl (C=O) groups is 3. The molecule has 0 aliphatic carbocycles. The Labute approximate surface area is 156 Å². The van der Waals surface area contributed by atoms with Crippen molar-refractivity contribution in [2.24, 2.45) is 0 Å². The number of carboxylic acid groups (broad SMARTS) is 1. The first-order valence-electron chi connectivity index (χ1n) is 6.56. The maximum Gasteiger partial charge on any atom is 0.326 e. The van der Waals surface area contributed by atoms with Gasteiger partial charge in [-0.15, -0.1) is 0 Å². The van der Waals surface area contributed by atoms with Crippen LogP contribution in [0, 0.1) is 0 Å². The Kier molecular flexibility index (Phi) is 10.6. The maximum atomic E-state index is 11.9. The summed E-state index contributed by atoms with van der Waals surface area (Å²) in [5.74, 6) is -1.89. The fourth-order valence-corrected chi connectivity index (χ4v) is 1.46. The molecule has 1 aromatic rings. The van der Waals surface area contributed by atoms with Gasteiger partial charge in [0, 0.05) is 46.6 Å². The zero-order chi connectivity index (χ0) is 15.8. The van der Waals surface area contributed by atoms with Gasteiger partial charge in [-0.25, -0.2) is 4.79 Å². The molecule has 0 unspecified atom stereocenters. The van der Waals surface area contributed by atoms with Crippen molar-refractivity contribution in [1.29, 1.82) is 0 Å². The van der Waals surface area contributed by atoms with Crippen molar-refractivity contribution < 1.29 is 60.5 Å². The van der Waals surface area contributed by atoms with E-state index in [9.17, 15) is 14.4 Å². The molecule has 0 saturated carbocycles. The van der Waals surface area contributed by atoms with E-state index in [1.165, 1.54) is 0 Å². The third-order valence-electron chi connectivity index (χ3n) is 2.57. The van der Waals surface area contributed by atoms with Crippen LogP contribution in [0.25, 0.3) is 5.73 Å². The first-order chi connectivity index (χ1) is 9.93. The van der Waals surface area contributed by atoms with E-state index in [2.05, 4.69) is 5.32 Å². The van der Waals surface area contributed by atoms with E-state index in [0.717, 1.165) is 5.56 Å². The first kappa shape index (κ1) is 20.7. The van der Waals surface area contributed by atoms with Gasteiger partial charge in [0.2, 0.25) is 0 Å². The summed E-state index contributed by atoms with van der Waals surface area (Å²) in [5, 5.41) is 13.2. The van der Waals surface area contributed by atoms with E-state index in [-0.39, 0.29) is 58.6 Å². The van der Waals surface area contributed by atoms with E-state index in [1.807, 2.05) is 5.32 Å². The van der Waals surface area contributed by atoms with E-state index in [0.29, 0.717) is 6.42 Å². The number of amides is 3. The van der Waals surface area contributed by atoms with Crippen molar-refractivity contribution >= 4 is 17.9 Å². The Morgan fingerprint density at radius 2 is 1.91 bits per heavy atom. The van der Waals surface area contributed by atoms with Crippen LogP contribution >= 0.6 is 0 Å². The summed E-state index contributed by atoms with van der Waals surface area (Å²) in [6, 6.07) is 4.07. The topological polar surface area (TPSA) is 119 Å². The monoisotopic (exact) mass is 514 g/mol. The third-order valence-corrected chi connectivity index (χ3v) is 2.57. The second-order valence-corrected chi connectivity index (χ2v) is 4.02. The second kappa shape index (κ2) is 11.3. The Morgan fingerprint density at radius 3 is 2.36 bits per heavy atom. The number of rotatable bonds is 6. The number of aryl methyl sites for hydroxylation is 1. The van der Waals surface area contributed by atoms with Gasteiger partial charge in [0.05, 0.1) is 0 Å². The standard InChI is InChI=1S/C13H17N3O4.V.W/c1-2-8-3-5-9(6-4-8)11(17)16-10(12(18)19)7-15-13(14)20;;/h3-6,10H,2,7H2,1H3,(H5,14,15,16,17,18,19,20);;/p-1/t10-;;/m0../s1/i1D;;. The average Bonchev–Trinajstić information content (AvgIpc) is 2.43. The maximum absolute atomic E-state index is 11.9. The quantitative estimate of drug-likeness (QED) is 0.529. The van der Waals surface area contributed by atoms with Gasteiger partial charge in [-0.1, -0.05) is 19.0 Å². The second-order valence-electron chi connectivity index (χ2n) is 4.02. The molecule has 9 heteroatoms. The normalized spacial score (nSPS) is 11.0. The summed E-state index contributed by atoms with van der Waals surface area (Å²) in [4.78, 5) is 33.3. The van der Waals surface area contributed by atoms with Gasteiger partial charge in [0.25, 0.3) is 5.91 Å². The molecule has 1 radical (unpaired) electrons. The van der Waals surface area contributed by atoms with Gasteiger partial charge in [-0.3, -0.25) is 9.59 Å². The largest absolute Gasteiger partial charge is 0.480 e. The molecule has 0 spiro atoms. The van der Waals surface area contributed by atoms with E-state index >= 15 is 0 Å². The molecule has 1 atom stereocenters. The molecule has 1 rings (SSSR count). The minimum atomic E-state index is -1.31. The number of hydrogen-bond donors (Lipinski definition) is 3. The van der Waals surface area contributed by atoms with Crippen LogP contribution in [0.3, 0.4) is 0 Å². The molecule has 22 heavy (non-hydrogen) atoms. The molecule has 3 amide bonds. The molecule has 4 N–H and O–H groups in total. The van der Waals surface area contributed by atoms with Crippen molar-refractivity contribution in [1.82, 2.24) is 10.6 Å². The van der Waals surface area contributed by atoms with Crippen molar-refractivity contribution in [2.75, 3.05) is 6.54 Å². The van der Waals surface area contributed by atoms with Gasteiger partial charge in [-0.2, -0.15) is 0 Å². The molecule has 0 aliphatic heterocycles. The Bertz CT molecular complexity index is 530. The van der Waals surface area contributed by atoms with E-state index in [4.69, 9.17) is 12.2 Å². The minimum absolute atomic E-state index is 0. The van der Waals surface area contributed by atoms with Crippen LogP contribution < -0.4 is 10.6 Å². The first-order valence-corrected chi connectivity index (χ1v) is 5.85. The van der Waals surface area contributed by atoms with Crippen LogP contribution in [0.5, 0.6) is 0 Å². The van der Waals surface area contributed by atoms with Crippen molar-refractivity contribution in [3.8, 4) is 0 Å². The number of hydrogen-bond acceptors (Lipinski definition) is 3. The summed E-state index contributed by atoms with van der Waals surface area (Å²) in [7, 11) is 0. The predicted molar refractivity (Wildman–Crippen MR) is 72.4 cm³/mol. The number of carboxylic acids is 1. The van der Waals surface area contributed by atoms with Crippen molar-refractivity contribution in [3.63, 3.8) is 0 Å². The Hall–Kier alpha value is -1.30. The van der Waals surface area contributed by atoms with Crippen molar-refractivity contribution in [2.45, 2.75) is 19.4 Å². The van der Waals surface area contributed by atoms with E-state index < -0.39 is 23.9 Å². The Morgan fingerprint density at radius 1 is 1.32 bits per heavy atom. The van der Waals surface area contributed by atoms with Crippen molar-refractivity contribution in [3.05, 3.63) is 41.1 Å². The number of carbonyl (C=O) groups excluding carboxylic acids is 2. The van der Waals surface area contributed by atoms with Gasteiger partial charge in [0.1, 0.15) is 12.1 Å². The molecule has 0 aromatic heterocycles. The van der Waals surface area contributed by atoms with Gasteiger partial charge in [-0.05, 0) is 30.7 Å². The summed E-state index contributed by atoms with van der Waals surface area (Å²) in [6.07, 6.45) is 0.579. The van der Waals surface area contributed by atoms with Crippen LogP contribution in [0.4, 0.5) is 4.79 Å². The molecule has 1 aromatic carbocycles. The van der Waals surface area contributed by atoms with Crippen LogP contribution in [0.2, 0.25) is 0 Å². The smallest absolute Gasteiger partial charge is 0.326 e. The minimum Gasteiger partial charge on any atom is -0.480 e. The van der Waals surface area contributed by atoms with Gasteiger partial charge >= 0.3 is 5.97 Å². The third kappa shape index (κ3) is 7.64. The fourth-order valence-electron chi connectivity index (χ4n) is 1.46. The van der Waals surface area contributed by atoms with Crippen LogP contribution in [0.15, 0.2) is 24.3 Å². The van der Waals surface area contributed by atoms with Gasteiger partial charge in [0.15, 0.2) is 0 Å². The van der Waals surface area contributed by atoms with Crippen LogP contribution in [-0.4, -0.2) is 35.6 Å². The zero-order valence-corrected chi connectivity index (χ0v) is 15.9. The molecule has 0 fully saturated rings. The predicted octanol–water partition coefficient (Wildman–Crippen LogP) is 1.19. The number of benzene rings is 1. The summed E-state index contributed by atoms with van der Waals surface area (Å²) in [6.45, 7) is -0.111. The summed E-state index contributed by atoms with van der Waals surface area (Å²) >= 11 is 0.